The highest BCUT2D eigenvalue weighted by Crippen LogP contribution is 2.28. The highest BCUT2D eigenvalue weighted by Gasteiger charge is 2.22. The first kappa shape index (κ1) is 14.6. The Kier molecular flexibility index (Phi) is 5.08. The largest absolute Gasteiger partial charge is 0.316 e. The lowest BCUT2D eigenvalue weighted by Crippen LogP contribution is -2.40. The summed E-state index contributed by atoms with van der Waals surface area (Å²) in [4.78, 5) is 1.40. The Morgan fingerprint density at radius 3 is 2.35 bits per heavy atom. The van der Waals surface area contributed by atoms with Gasteiger partial charge in [0.1, 0.15) is 0 Å². The van der Waals surface area contributed by atoms with E-state index in [2.05, 4.69) is 65.2 Å². The average molecular weight is 251 g/mol. The molecule has 2 heteroatoms. The summed E-state index contributed by atoms with van der Waals surface area (Å²) in [6.45, 7) is 11.2. The van der Waals surface area contributed by atoms with Gasteiger partial charge >= 0.3 is 0 Å². The van der Waals surface area contributed by atoms with E-state index < -0.39 is 0 Å². The van der Waals surface area contributed by atoms with Crippen molar-refractivity contribution in [3.63, 3.8) is 0 Å². The summed E-state index contributed by atoms with van der Waals surface area (Å²) in [6, 6.07) is 7.23. The molecule has 1 N–H and O–H groups in total. The molecule has 0 radical (unpaired) electrons. The second-order valence-electron chi connectivity index (χ2n) is 5.79. The minimum atomic E-state index is 0.306. The van der Waals surface area contributed by atoms with Gasteiger partial charge in [-0.15, -0.1) is 11.8 Å². The van der Waals surface area contributed by atoms with Crippen molar-refractivity contribution in [2.45, 2.75) is 45.6 Å². The molecule has 0 bridgehead atoms. The van der Waals surface area contributed by atoms with Gasteiger partial charge in [-0.05, 0) is 37.9 Å². The topological polar surface area (TPSA) is 12.0 Å². The monoisotopic (exact) mass is 251 g/mol. The lowest BCUT2D eigenvalue weighted by Gasteiger charge is -2.30. The lowest BCUT2D eigenvalue weighted by atomic mass is 9.88. The van der Waals surface area contributed by atoms with Crippen molar-refractivity contribution < 1.29 is 0 Å². The van der Waals surface area contributed by atoms with Crippen LogP contribution in [0.15, 0.2) is 23.1 Å². The third-order valence-electron chi connectivity index (χ3n) is 3.13. The van der Waals surface area contributed by atoms with Gasteiger partial charge in [0.25, 0.3) is 0 Å². The molecule has 0 aliphatic rings. The zero-order chi connectivity index (χ0) is 13.1. The average Bonchev–Trinajstić information content (AvgIpc) is 2.19. The van der Waals surface area contributed by atoms with Gasteiger partial charge in [-0.2, -0.15) is 0 Å². The van der Waals surface area contributed by atoms with Gasteiger partial charge in [0.05, 0.1) is 0 Å². The van der Waals surface area contributed by atoms with Crippen LogP contribution in [0.1, 0.15) is 31.9 Å². The summed E-state index contributed by atoms with van der Waals surface area (Å²) < 4.78 is 0. The SMILES string of the molecule is CNC(CSc1ccc(C)cc1C)C(C)(C)C. The van der Waals surface area contributed by atoms with Gasteiger partial charge in [-0.3, -0.25) is 0 Å². The number of thioether (sulfide) groups is 1. The molecule has 1 nitrogen and oxygen atoms in total. The number of hydrogen-bond acceptors (Lipinski definition) is 2. The van der Waals surface area contributed by atoms with E-state index in [1.807, 2.05) is 11.8 Å². The number of aryl methyl sites for hydroxylation is 2. The van der Waals surface area contributed by atoms with Crippen molar-refractivity contribution in [2.75, 3.05) is 12.8 Å². The first-order valence-electron chi connectivity index (χ1n) is 6.22. The number of rotatable bonds is 4. The van der Waals surface area contributed by atoms with Crippen LogP contribution in [-0.4, -0.2) is 18.8 Å². The Bertz CT molecular complexity index is 366. The van der Waals surface area contributed by atoms with Crippen LogP contribution >= 0.6 is 11.8 Å². The molecule has 0 spiro atoms. The van der Waals surface area contributed by atoms with Crippen molar-refractivity contribution in [1.29, 1.82) is 0 Å². The summed E-state index contributed by atoms with van der Waals surface area (Å²) in [6.07, 6.45) is 0. The first-order valence-corrected chi connectivity index (χ1v) is 7.20. The minimum absolute atomic E-state index is 0.306. The number of hydrogen-bond donors (Lipinski definition) is 1. The number of nitrogens with one attached hydrogen (secondary N) is 1. The van der Waals surface area contributed by atoms with E-state index in [9.17, 15) is 0 Å². The van der Waals surface area contributed by atoms with E-state index in [0.717, 1.165) is 5.75 Å². The predicted octanol–water partition coefficient (Wildman–Crippen LogP) is 4.03. The van der Waals surface area contributed by atoms with E-state index in [4.69, 9.17) is 0 Å². The van der Waals surface area contributed by atoms with Gasteiger partial charge in [-0.1, -0.05) is 38.5 Å². The molecule has 1 rings (SSSR count). The fourth-order valence-electron chi connectivity index (χ4n) is 1.90. The maximum absolute atomic E-state index is 3.42. The second-order valence-corrected chi connectivity index (χ2v) is 6.85. The molecule has 0 heterocycles. The molecule has 1 atom stereocenters. The molecule has 17 heavy (non-hydrogen) atoms. The predicted molar refractivity (Wildman–Crippen MR) is 78.9 cm³/mol. The molecule has 0 amide bonds. The van der Waals surface area contributed by atoms with E-state index in [-0.39, 0.29) is 0 Å². The van der Waals surface area contributed by atoms with Crippen LogP contribution in [0, 0.1) is 19.3 Å². The van der Waals surface area contributed by atoms with Crippen molar-refractivity contribution in [3.8, 4) is 0 Å². The standard InChI is InChI=1S/C15H25NS/c1-11-7-8-13(12(2)9-11)17-10-14(16-6)15(3,4)5/h7-9,14,16H,10H2,1-6H3. The Morgan fingerprint density at radius 1 is 1.24 bits per heavy atom. The molecule has 1 aromatic rings. The van der Waals surface area contributed by atoms with Crippen molar-refractivity contribution >= 4 is 11.8 Å². The van der Waals surface area contributed by atoms with Crippen LogP contribution < -0.4 is 5.32 Å². The maximum atomic E-state index is 3.42. The normalized spacial score (nSPS) is 13.8. The minimum Gasteiger partial charge on any atom is -0.316 e. The Balaban J connectivity index is 2.66. The molecule has 0 aliphatic carbocycles. The van der Waals surface area contributed by atoms with Crippen molar-refractivity contribution in [2.24, 2.45) is 5.41 Å². The fourth-order valence-corrected chi connectivity index (χ4v) is 3.36. The van der Waals surface area contributed by atoms with Gasteiger partial charge in [0.2, 0.25) is 0 Å². The summed E-state index contributed by atoms with van der Waals surface area (Å²) in [5.74, 6) is 1.11. The quantitative estimate of drug-likeness (QED) is 0.811. The summed E-state index contributed by atoms with van der Waals surface area (Å²) in [7, 11) is 2.05. The van der Waals surface area contributed by atoms with E-state index >= 15 is 0 Å². The van der Waals surface area contributed by atoms with Crippen molar-refractivity contribution in [3.05, 3.63) is 29.3 Å². The highest BCUT2D eigenvalue weighted by atomic mass is 32.2. The van der Waals surface area contributed by atoms with Crippen LogP contribution in [0.5, 0.6) is 0 Å². The van der Waals surface area contributed by atoms with Gasteiger partial charge < -0.3 is 5.32 Å². The molecule has 0 saturated carbocycles. The summed E-state index contributed by atoms with van der Waals surface area (Å²) in [5, 5.41) is 3.42. The zero-order valence-electron chi connectivity index (χ0n) is 11.9. The molecule has 0 fully saturated rings. The van der Waals surface area contributed by atoms with Crippen LogP contribution in [0.3, 0.4) is 0 Å². The smallest absolute Gasteiger partial charge is 0.0207 e. The van der Waals surface area contributed by atoms with Crippen LogP contribution in [0.2, 0.25) is 0 Å². The lowest BCUT2D eigenvalue weighted by molar-refractivity contribution is 0.305. The van der Waals surface area contributed by atoms with E-state index in [1.165, 1.54) is 16.0 Å². The Labute approximate surface area is 110 Å². The summed E-state index contributed by atoms with van der Waals surface area (Å²) >= 11 is 1.95. The molecular weight excluding hydrogens is 226 g/mol. The van der Waals surface area contributed by atoms with Gasteiger partial charge in [0.15, 0.2) is 0 Å². The second kappa shape index (κ2) is 5.92. The first-order chi connectivity index (χ1) is 7.84. The van der Waals surface area contributed by atoms with E-state index in [1.54, 1.807) is 0 Å². The molecule has 1 unspecified atom stereocenters. The summed E-state index contributed by atoms with van der Waals surface area (Å²) in [5.41, 5.74) is 3.03. The van der Waals surface area contributed by atoms with Crippen LogP contribution in [0.4, 0.5) is 0 Å². The van der Waals surface area contributed by atoms with E-state index in [0.29, 0.717) is 11.5 Å². The van der Waals surface area contributed by atoms with Gasteiger partial charge in [-0.25, -0.2) is 0 Å². The Morgan fingerprint density at radius 2 is 1.88 bits per heavy atom. The molecule has 1 aromatic carbocycles. The molecule has 0 aromatic heterocycles. The van der Waals surface area contributed by atoms with Crippen LogP contribution in [-0.2, 0) is 0 Å². The fraction of sp³-hybridized carbons (Fsp3) is 0.600. The van der Waals surface area contributed by atoms with Crippen molar-refractivity contribution in [1.82, 2.24) is 5.32 Å². The third kappa shape index (κ3) is 4.36. The van der Waals surface area contributed by atoms with Crippen LogP contribution in [0.25, 0.3) is 0 Å². The molecule has 0 aliphatic heterocycles. The van der Waals surface area contributed by atoms with Gasteiger partial charge in [0, 0.05) is 16.7 Å². The Hall–Kier alpha value is -0.470. The highest BCUT2D eigenvalue weighted by molar-refractivity contribution is 7.99. The molecule has 96 valence electrons. The third-order valence-corrected chi connectivity index (χ3v) is 4.40. The molecular formula is C15H25NS. The zero-order valence-corrected chi connectivity index (χ0v) is 12.7. The maximum Gasteiger partial charge on any atom is 0.0207 e. The number of benzene rings is 1. The molecule has 0 saturated heterocycles.